The summed E-state index contributed by atoms with van der Waals surface area (Å²) in [7, 11) is 0. The van der Waals surface area contributed by atoms with Crippen molar-refractivity contribution in [1.29, 1.82) is 0 Å². The van der Waals surface area contributed by atoms with Crippen molar-refractivity contribution in [2.24, 2.45) is 11.1 Å². The van der Waals surface area contributed by atoms with E-state index in [1.807, 2.05) is 0 Å². The zero-order valence-corrected chi connectivity index (χ0v) is 6.71. The van der Waals surface area contributed by atoms with Crippen molar-refractivity contribution in [3.63, 3.8) is 0 Å². The molecule has 0 radical (unpaired) electrons. The van der Waals surface area contributed by atoms with Gasteiger partial charge in [0.25, 0.3) is 0 Å². The van der Waals surface area contributed by atoms with Gasteiger partial charge in [-0.1, -0.05) is 5.16 Å². The summed E-state index contributed by atoms with van der Waals surface area (Å²) < 4.78 is 0. The second-order valence-electron chi connectivity index (χ2n) is 3.05. The van der Waals surface area contributed by atoms with Crippen LogP contribution in [0.1, 0.15) is 32.6 Å². The fourth-order valence-corrected chi connectivity index (χ4v) is 1.46. The second kappa shape index (κ2) is 3.51. The highest BCUT2D eigenvalue weighted by Gasteiger charge is 2.20. The highest BCUT2D eigenvalue weighted by atomic mass is 16.4. The molecule has 0 aromatic rings. The number of carbonyl (C=O) groups is 1. The molecule has 1 aliphatic rings. The minimum absolute atomic E-state index is 0.209. The molecule has 0 aliphatic heterocycles. The maximum absolute atomic E-state index is 10.9. The molecule has 3 heteroatoms. The lowest BCUT2D eigenvalue weighted by molar-refractivity contribution is -0.121. The first kappa shape index (κ1) is 8.24. The maximum atomic E-state index is 10.9. The van der Waals surface area contributed by atoms with Crippen LogP contribution in [0, 0.1) is 5.92 Å². The van der Waals surface area contributed by atoms with Crippen molar-refractivity contribution in [2.75, 3.05) is 0 Å². The molecule has 0 amide bonds. The van der Waals surface area contributed by atoms with Crippen LogP contribution in [0.25, 0.3) is 0 Å². The Labute approximate surface area is 66.1 Å². The van der Waals surface area contributed by atoms with Crippen LogP contribution in [0.4, 0.5) is 0 Å². The molecular formula is C8H13NO2. The number of rotatable bonds is 1. The van der Waals surface area contributed by atoms with E-state index in [-0.39, 0.29) is 11.7 Å². The van der Waals surface area contributed by atoms with Gasteiger partial charge in [0.15, 0.2) is 0 Å². The molecule has 1 rings (SSSR count). The van der Waals surface area contributed by atoms with E-state index in [0.717, 1.165) is 31.4 Å². The summed E-state index contributed by atoms with van der Waals surface area (Å²) in [6.07, 6.45) is 3.27. The van der Waals surface area contributed by atoms with Gasteiger partial charge in [-0.25, -0.2) is 0 Å². The Morgan fingerprint density at radius 1 is 1.55 bits per heavy atom. The molecule has 1 fully saturated rings. The standard InChI is InChI=1S/C8H13NO2/c1-6(10)7-2-4-8(9-11)5-3-7/h7,11H,2-5H2,1H3. The first-order valence-corrected chi connectivity index (χ1v) is 3.94. The minimum Gasteiger partial charge on any atom is -0.411 e. The minimum atomic E-state index is 0.209. The Balaban J connectivity index is 2.42. The number of hydrogen-bond donors (Lipinski definition) is 1. The molecule has 0 spiro atoms. The largest absolute Gasteiger partial charge is 0.411 e. The number of hydrogen-bond acceptors (Lipinski definition) is 3. The predicted octanol–water partition coefficient (Wildman–Crippen LogP) is 1.60. The molecular weight excluding hydrogens is 142 g/mol. The van der Waals surface area contributed by atoms with Gasteiger partial charge < -0.3 is 5.21 Å². The molecule has 1 aliphatic carbocycles. The van der Waals surface area contributed by atoms with Crippen LogP contribution in [-0.4, -0.2) is 16.7 Å². The summed E-state index contributed by atoms with van der Waals surface area (Å²) in [4.78, 5) is 10.9. The summed E-state index contributed by atoms with van der Waals surface area (Å²) in [5, 5.41) is 11.6. The van der Waals surface area contributed by atoms with Crippen molar-refractivity contribution >= 4 is 11.5 Å². The average Bonchev–Trinajstić information content (AvgIpc) is 2.05. The van der Waals surface area contributed by atoms with E-state index < -0.39 is 0 Å². The predicted molar refractivity (Wildman–Crippen MR) is 41.9 cm³/mol. The number of nitrogens with zero attached hydrogens (tertiary/aromatic N) is 1. The number of carbonyl (C=O) groups excluding carboxylic acids is 1. The van der Waals surface area contributed by atoms with E-state index in [4.69, 9.17) is 5.21 Å². The van der Waals surface area contributed by atoms with Crippen LogP contribution in [0.3, 0.4) is 0 Å². The van der Waals surface area contributed by atoms with E-state index in [9.17, 15) is 4.79 Å². The smallest absolute Gasteiger partial charge is 0.132 e. The highest BCUT2D eigenvalue weighted by molar-refractivity contribution is 5.87. The quantitative estimate of drug-likeness (QED) is 0.462. The van der Waals surface area contributed by atoms with Crippen LogP contribution >= 0.6 is 0 Å². The van der Waals surface area contributed by atoms with Gasteiger partial charge in [0, 0.05) is 5.92 Å². The average molecular weight is 155 g/mol. The number of ketones is 1. The van der Waals surface area contributed by atoms with Crippen molar-refractivity contribution in [1.82, 2.24) is 0 Å². The highest BCUT2D eigenvalue weighted by Crippen LogP contribution is 2.22. The van der Waals surface area contributed by atoms with Crippen molar-refractivity contribution in [3.8, 4) is 0 Å². The molecule has 3 nitrogen and oxygen atoms in total. The van der Waals surface area contributed by atoms with Gasteiger partial charge in [-0.15, -0.1) is 0 Å². The lowest BCUT2D eigenvalue weighted by Gasteiger charge is -2.19. The summed E-state index contributed by atoms with van der Waals surface area (Å²) in [5.41, 5.74) is 0.836. The number of Topliss-reactive ketones (excluding diaryl/α,β-unsaturated/α-hetero) is 1. The Morgan fingerprint density at radius 3 is 2.45 bits per heavy atom. The van der Waals surface area contributed by atoms with Crippen molar-refractivity contribution < 1.29 is 10.0 Å². The number of oxime groups is 1. The molecule has 0 aromatic heterocycles. The van der Waals surface area contributed by atoms with Crippen LogP contribution in [0.15, 0.2) is 5.16 Å². The zero-order chi connectivity index (χ0) is 8.27. The van der Waals surface area contributed by atoms with Gasteiger partial charge in [0.05, 0.1) is 5.71 Å². The lowest BCUT2D eigenvalue weighted by atomic mass is 9.86. The SMILES string of the molecule is CC(=O)C1CCC(=NO)CC1. The van der Waals surface area contributed by atoms with Gasteiger partial charge in [-0.3, -0.25) is 4.79 Å². The Kier molecular flexibility index (Phi) is 2.63. The molecule has 0 bridgehead atoms. The van der Waals surface area contributed by atoms with Crippen LogP contribution < -0.4 is 0 Å². The van der Waals surface area contributed by atoms with Crippen LogP contribution in [0.2, 0.25) is 0 Å². The topological polar surface area (TPSA) is 49.7 Å². The first-order valence-electron chi connectivity index (χ1n) is 3.94. The summed E-state index contributed by atoms with van der Waals surface area (Å²) in [5.74, 6) is 0.475. The van der Waals surface area contributed by atoms with Crippen LogP contribution in [-0.2, 0) is 4.79 Å². The van der Waals surface area contributed by atoms with E-state index in [1.165, 1.54) is 0 Å². The van der Waals surface area contributed by atoms with Gasteiger partial charge in [-0.2, -0.15) is 0 Å². The fourth-order valence-electron chi connectivity index (χ4n) is 1.46. The normalized spacial score (nSPS) is 24.8. The molecule has 0 heterocycles. The van der Waals surface area contributed by atoms with Crippen LogP contribution in [0.5, 0.6) is 0 Å². The fraction of sp³-hybridized carbons (Fsp3) is 0.750. The van der Waals surface area contributed by atoms with E-state index in [0.29, 0.717) is 0 Å². The Hall–Kier alpha value is -0.860. The Bertz CT molecular complexity index is 177. The molecule has 11 heavy (non-hydrogen) atoms. The molecule has 62 valence electrons. The Morgan fingerprint density at radius 2 is 2.09 bits per heavy atom. The molecule has 0 saturated heterocycles. The van der Waals surface area contributed by atoms with Crippen molar-refractivity contribution in [2.45, 2.75) is 32.6 Å². The maximum Gasteiger partial charge on any atom is 0.132 e. The third-order valence-electron chi connectivity index (χ3n) is 2.28. The third-order valence-corrected chi connectivity index (χ3v) is 2.28. The van der Waals surface area contributed by atoms with Gasteiger partial charge in [-0.05, 0) is 32.6 Å². The lowest BCUT2D eigenvalue weighted by Crippen LogP contribution is -2.19. The van der Waals surface area contributed by atoms with Gasteiger partial charge in [0.2, 0.25) is 0 Å². The van der Waals surface area contributed by atoms with E-state index in [1.54, 1.807) is 6.92 Å². The first-order chi connectivity index (χ1) is 5.24. The van der Waals surface area contributed by atoms with Crippen molar-refractivity contribution in [3.05, 3.63) is 0 Å². The second-order valence-corrected chi connectivity index (χ2v) is 3.05. The molecule has 1 saturated carbocycles. The monoisotopic (exact) mass is 155 g/mol. The summed E-state index contributed by atoms with van der Waals surface area (Å²) in [6.45, 7) is 1.63. The van der Waals surface area contributed by atoms with Gasteiger partial charge in [0.1, 0.15) is 5.78 Å². The molecule has 0 unspecified atom stereocenters. The van der Waals surface area contributed by atoms with E-state index in [2.05, 4.69) is 5.16 Å². The summed E-state index contributed by atoms with van der Waals surface area (Å²) in [6, 6.07) is 0. The van der Waals surface area contributed by atoms with Gasteiger partial charge >= 0.3 is 0 Å². The third kappa shape index (κ3) is 2.03. The molecule has 0 aromatic carbocycles. The summed E-state index contributed by atoms with van der Waals surface area (Å²) >= 11 is 0. The zero-order valence-electron chi connectivity index (χ0n) is 6.71. The molecule has 1 N–H and O–H groups in total. The van der Waals surface area contributed by atoms with E-state index >= 15 is 0 Å². The molecule has 0 atom stereocenters.